The number of benzene rings is 7. The predicted molar refractivity (Wildman–Crippen MR) is 219 cm³/mol. The maximum Gasteiger partial charge on any atom is 0.164 e. The molecule has 3 nitrogen and oxygen atoms in total. The Balaban J connectivity index is 1.13. The standard InChI is InChI=1S/C50H39N3/c1-30-20-22-31(23-21-30)38-27-44-45(37-19-13-12-18-35(37)38)40-29-42-39(28-43(40)50(44,4)5)36-25-24-34(26-41(36)49(42,2)3)48-52-46(32-14-8-6-9-15-32)51-47(53-48)33-16-10-7-11-17-33/h6-29H,1-5H3. The summed E-state index contributed by atoms with van der Waals surface area (Å²) in [4.78, 5) is 15.0. The highest BCUT2D eigenvalue weighted by Crippen LogP contribution is 2.58. The third kappa shape index (κ3) is 4.77. The molecule has 0 saturated heterocycles. The first-order chi connectivity index (χ1) is 25.7. The first kappa shape index (κ1) is 31.5. The summed E-state index contributed by atoms with van der Waals surface area (Å²) in [5.41, 5.74) is 17.2. The molecule has 0 fully saturated rings. The predicted octanol–water partition coefficient (Wildman–Crippen LogP) is 12.6. The second-order valence-electron chi connectivity index (χ2n) is 15.8. The van der Waals surface area contributed by atoms with Gasteiger partial charge in [0.15, 0.2) is 17.5 Å². The van der Waals surface area contributed by atoms with E-state index in [0.29, 0.717) is 17.5 Å². The Bertz CT molecular complexity index is 2700. The van der Waals surface area contributed by atoms with Crippen LogP contribution in [0.3, 0.4) is 0 Å². The molecule has 10 rings (SSSR count). The molecule has 0 amide bonds. The number of hydrogen-bond acceptors (Lipinski definition) is 3. The lowest BCUT2D eigenvalue weighted by Crippen LogP contribution is -2.17. The summed E-state index contributed by atoms with van der Waals surface area (Å²) in [6.45, 7) is 11.7. The van der Waals surface area contributed by atoms with Gasteiger partial charge < -0.3 is 0 Å². The van der Waals surface area contributed by atoms with Crippen molar-refractivity contribution in [3.8, 4) is 67.5 Å². The van der Waals surface area contributed by atoms with Crippen LogP contribution in [-0.4, -0.2) is 15.0 Å². The van der Waals surface area contributed by atoms with Gasteiger partial charge in [-0.05, 0) is 97.6 Å². The van der Waals surface area contributed by atoms with Crippen LogP contribution in [0.2, 0.25) is 0 Å². The van der Waals surface area contributed by atoms with E-state index >= 15 is 0 Å². The van der Waals surface area contributed by atoms with Crippen molar-refractivity contribution in [2.24, 2.45) is 0 Å². The quantitative estimate of drug-likeness (QED) is 0.186. The van der Waals surface area contributed by atoms with E-state index in [4.69, 9.17) is 15.0 Å². The molecule has 2 aliphatic carbocycles. The maximum atomic E-state index is 5.06. The van der Waals surface area contributed by atoms with Gasteiger partial charge in [-0.2, -0.15) is 0 Å². The van der Waals surface area contributed by atoms with Gasteiger partial charge in [-0.15, -0.1) is 0 Å². The highest BCUT2D eigenvalue weighted by Gasteiger charge is 2.42. The van der Waals surface area contributed by atoms with Crippen molar-refractivity contribution in [3.05, 3.63) is 173 Å². The third-order valence-electron chi connectivity index (χ3n) is 11.8. The zero-order valence-corrected chi connectivity index (χ0v) is 30.7. The Morgan fingerprint density at radius 3 is 1.47 bits per heavy atom. The summed E-state index contributed by atoms with van der Waals surface area (Å²) in [7, 11) is 0. The third-order valence-corrected chi connectivity index (χ3v) is 11.8. The van der Waals surface area contributed by atoms with Crippen molar-refractivity contribution in [3.63, 3.8) is 0 Å². The molecule has 0 unspecified atom stereocenters. The van der Waals surface area contributed by atoms with E-state index in [2.05, 4.69) is 144 Å². The van der Waals surface area contributed by atoms with Gasteiger partial charge in [-0.1, -0.05) is 155 Å². The van der Waals surface area contributed by atoms with Crippen LogP contribution in [0, 0.1) is 6.92 Å². The zero-order valence-electron chi connectivity index (χ0n) is 30.7. The molecule has 3 heteroatoms. The van der Waals surface area contributed by atoms with Gasteiger partial charge >= 0.3 is 0 Å². The molecule has 7 aromatic carbocycles. The minimum absolute atomic E-state index is 0.164. The average Bonchev–Trinajstić information content (AvgIpc) is 3.56. The second kappa shape index (κ2) is 11.4. The molecule has 0 aliphatic heterocycles. The fourth-order valence-corrected chi connectivity index (χ4v) is 8.86. The van der Waals surface area contributed by atoms with Crippen molar-refractivity contribution >= 4 is 10.8 Å². The minimum atomic E-state index is -0.224. The molecule has 1 aromatic heterocycles. The first-order valence-corrected chi connectivity index (χ1v) is 18.5. The van der Waals surface area contributed by atoms with Crippen LogP contribution in [0.1, 0.15) is 55.5 Å². The number of hydrogen-bond donors (Lipinski definition) is 0. The highest BCUT2D eigenvalue weighted by molar-refractivity contribution is 6.09. The normalized spacial score (nSPS) is 14.4. The number of aryl methyl sites for hydroxylation is 1. The molecule has 53 heavy (non-hydrogen) atoms. The van der Waals surface area contributed by atoms with E-state index in [-0.39, 0.29) is 10.8 Å². The van der Waals surface area contributed by atoms with E-state index in [1.165, 1.54) is 72.0 Å². The molecule has 0 N–H and O–H groups in total. The summed E-state index contributed by atoms with van der Waals surface area (Å²) in [6.07, 6.45) is 0. The summed E-state index contributed by atoms with van der Waals surface area (Å²) in [6, 6.07) is 52.6. The fourth-order valence-electron chi connectivity index (χ4n) is 8.86. The number of rotatable bonds is 4. The lowest BCUT2D eigenvalue weighted by Gasteiger charge is -2.24. The van der Waals surface area contributed by atoms with Crippen LogP contribution in [0.15, 0.2) is 146 Å². The molecule has 254 valence electrons. The van der Waals surface area contributed by atoms with Gasteiger partial charge in [0.1, 0.15) is 0 Å². The van der Waals surface area contributed by atoms with Crippen LogP contribution < -0.4 is 0 Å². The van der Waals surface area contributed by atoms with Crippen LogP contribution in [-0.2, 0) is 10.8 Å². The maximum absolute atomic E-state index is 5.06. The Labute approximate surface area is 311 Å². The van der Waals surface area contributed by atoms with Gasteiger partial charge in [0, 0.05) is 27.5 Å². The molecule has 0 radical (unpaired) electrons. The molecule has 2 aliphatic rings. The van der Waals surface area contributed by atoms with Crippen molar-refractivity contribution in [1.82, 2.24) is 15.0 Å². The highest BCUT2D eigenvalue weighted by atomic mass is 15.0. The van der Waals surface area contributed by atoms with E-state index in [1.807, 2.05) is 36.4 Å². The molecule has 0 bridgehead atoms. The van der Waals surface area contributed by atoms with Crippen LogP contribution >= 0.6 is 0 Å². The summed E-state index contributed by atoms with van der Waals surface area (Å²) in [5, 5.41) is 2.62. The molecular weight excluding hydrogens is 643 g/mol. The van der Waals surface area contributed by atoms with Gasteiger partial charge in [-0.25, -0.2) is 15.0 Å². The monoisotopic (exact) mass is 681 g/mol. The lowest BCUT2D eigenvalue weighted by molar-refractivity contribution is 0.652. The molecule has 0 atom stereocenters. The minimum Gasteiger partial charge on any atom is -0.208 e. The number of nitrogens with zero attached hydrogens (tertiary/aromatic N) is 3. The van der Waals surface area contributed by atoms with E-state index in [1.54, 1.807) is 0 Å². The smallest absolute Gasteiger partial charge is 0.164 e. The number of fused-ring (bicyclic) bond motifs is 8. The molecule has 8 aromatic rings. The molecule has 0 saturated carbocycles. The van der Waals surface area contributed by atoms with Gasteiger partial charge in [-0.3, -0.25) is 0 Å². The van der Waals surface area contributed by atoms with Gasteiger partial charge in [0.05, 0.1) is 0 Å². The SMILES string of the molecule is Cc1ccc(-c2cc3c(c4ccccc24)-c2cc4c(cc2C3(C)C)-c2ccc(-c3nc(-c5ccccc5)nc(-c5ccccc5)n3)cc2C4(C)C)cc1. The van der Waals surface area contributed by atoms with E-state index < -0.39 is 0 Å². The second-order valence-corrected chi connectivity index (χ2v) is 15.8. The molecule has 0 spiro atoms. The van der Waals surface area contributed by atoms with Crippen molar-refractivity contribution in [1.29, 1.82) is 0 Å². The van der Waals surface area contributed by atoms with Crippen molar-refractivity contribution < 1.29 is 0 Å². The topological polar surface area (TPSA) is 38.7 Å². The van der Waals surface area contributed by atoms with E-state index in [0.717, 1.165) is 16.7 Å². The lowest BCUT2D eigenvalue weighted by atomic mass is 9.79. The zero-order chi connectivity index (χ0) is 36.1. The molecule has 1 heterocycles. The van der Waals surface area contributed by atoms with Crippen LogP contribution in [0.5, 0.6) is 0 Å². The Kier molecular flexibility index (Phi) is 6.79. The Hall–Kier alpha value is -6.19. The summed E-state index contributed by atoms with van der Waals surface area (Å²) in [5.74, 6) is 2.03. The summed E-state index contributed by atoms with van der Waals surface area (Å²) >= 11 is 0. The van der Waals surface area contributed by atoms with Crippen molar-refractivity contribution in [2.45, 2.75) is 45.4 Å². The van der Waals surface area contributed by atoms with Gasteiger partial charge in [0.2, 0.25) is 0 Å². The van der Waals surface area contributed by atoms with E-state index in [9.17, 15) is 0 Å². The van der Waals surface area contributed by atoms with Crippen LogP contribution in [0.25, 0.3) is 78.3 Å². The Morgan fingerprint density at radius 1 is 0.358 bits per heavy atom. The Morgan fingerprint density at radius 2 is 0.830 bits per heavy atom. The number of aromatic nitrogens is 3. The fraction of sp³-hybridized carbons (Fsp3) is 0.140. The first-order valence-electron chi connectivity index (χ1n) is 18.5. The average molecular weight is 682 g/mol. The molecular formula is C50H39N3. The largest absolute Gasteiger partial charge is 0.208 e. The van der Waals surface area contributed by atoms with Crippen LogP contribution in [0.4, 0.5) is 0 Å². The van der Waals surface area contributed by atoms with Gasteiger partial charge in [0.25, 0.3) is 0 Å². The summed E-state index contributed by atoms with van der Waals surface area (Å²) < 4.78 is 0. The van der Waals surface area contributed by atoms with Crippen molar-refractivity contribution in [2.75, 3.05) is 0 Å².